The van der Waals surface area contributed by atoms with Crippen molar-refractivity contribution in [3.8, 4) is 0 Å². The van der Waals surface area contributed by atoms with Crippen molar-refractivity contribution in [2.24, 2.45) is 4.36 Å². The molecule has 0 aliphatic carbocycles. The maximum absolute atomic E-state index is 11.7. The van der Waals surface area contributed by atoms with Gasteiger partial charge in [0.1, 0.15) is 0 Å². The minimum absolute atomic E-state index is 0.763. The molecule has 0 bridgehead atoms. The van der Waals surface area contributed by atoms with Crippen LogP contribution >= 0.6 is 15.9 Å². The molecule has 70 valence electrons. The van der Waals surface area contributed by atoms with E-state index in [1.54, 1.807) is 0 Å². The zero-order chi connectivity index (χ0) is 9.31. The summed E-state index contributed by atoms with van der Waals surface area (Å²) in [4.78, 5) is 0. The van der Waals surface area contributed by atoms with Crippen LogP contribution in [0.15, 0.2) is 33.1 Å². The maximum atomic E-state index is 11.7. The number of halogens is 1. The molecule has 1 saturated heterocycles. The van der Waals surface area contributed by atoms with Crippen molar-refractivity contribution in [3.63, 3.8) is 0 Å². The minimum atomic E-state index is -1.85. The summed E-state index contributed by atoms with van der Waals surface area (Å²) in [6.07, 6.45) is 1.05. The molecule has 1 aromatic carbocycles. The Kier molecular flexibility index (Phi) is 2.43. The van der Waals surface area contributed by atoms with Gasteiger partial charge in [0.25, 0.3) is 0 Å². The molecule has 2 rings (SSSR count). The van der Waals surface area contributed by atoms with Crippen LogP contribution < -0.4 is 0 Å². The van der Waals surface area contributed by atoms with Crippen LogP contribution in [0.2, 0.25) is 0 Å². The summed E-state index contributed by atoms with van der Waals surface area (Å²) >= 11 is 3.36. The monoisotopic (exact) mass is 259 g/mol. The number of benzene rings is 1. The van der Waals surface area contributed by atoms with E-state index >= 15 is 0 Å². The normalized spacial score (nSPS) is 19.2. The highest BCUT2D eigenvalue weighted by Gasteiger charge is 2.18. The zero-order valence-electron chi connectivity index (χ0n) is 7.07. The lowest BCUT2D eigenvalue weighted by Crippen LogP contribution is -2.22. The molecule has 4 heteroatoms. The van der Waals surface area contributed by atoms with Gasteiger partial charge in [0, 0.05) is 16.0 Å². The highest BCUT2D eigenvalue weighted by atomic mass is 79.9. The predicted molar refractivity (Wildman–Crippen MR) is 58.7 cm³/mol. The van der Waals surface area contributed by atoms with Crippen LogP contribution in [-0.2, 0) is 9.73 Å². The third kappa shape index (κ3) is 2.11. The zero-order valence-corrected chi connectivity index (χ0v) is 9.47. The fourth-order valence-electron chi connectivity index (χ4n) is 1.21. The molecule has 1 aromatic rings. The second-order valence-corrected chi connectivity index (χ2v) is 6.57. The van der Waals surface area contributed by atoms with Gasteiger partial charge in [-0.25, -0.2) is 4.21 Å². The van der Waals surface area contributed by atoms with Crippen LogP contribution in [0.4, 0.5) is 5.69 Å². The van der Waals surface area contributed by atoms with E-state index in [2.05, 4.69) is 20.3 Å². The summed E-state index contributed by atoms with van der Waals surface area (Å²) in [5.41, 5.74) is 0.819. The first-order valence-corrected chi connectivity index (χ1v) is 6.81. The molecule has 0 radical (unpaired) electrons. The van der Waals surface area contributed by atoms with Gasteiger partial charge < -0.3 is 0 Å². The number of hydrogen-bond donors (Lipinski definition) is 0. The first-order chi connectivity index (χ1) is 6.18. The smallest absolute Gasteiger partial charge is 0.0741 e. The van der Waals surface area contributed by atoms with Crippen LogP contribution in [0.1, 0.15) is 6.42 Å². The van der Waals surface area contributed by atoms with Gasteiger partial charge in [-0.2, -0.15) is 4.36 Å². The third-order valence-electron chi connectivity index (χ3n) is 2.01. The molecule has 13 heavy (non-hydrogen) atoms. The van der Waals surface area contributed by atoms with Gasteiger partial charge in [0.05, 0.1) is 15.4 Å². The molecule has 0 N–H and O–H groups in total. The highest BCUT2D eigenvalue weighted by Crippen LogP contribution is 2.23. The van der Waals surface area contributed by atoms with Crippen molar-refractivity contribution < 1.29 is 4.21 Å². The Morgan fingerprint density at radius 2 is 2.15 bits per heavy atom. The van der Waals surface area contributed by atoms with E-state index < -0.39 is 9.73 Å². The Hall–Kier alpha value is -0.350. The Morgan fingerprint density at radius 3 is 2.69 bits per heavy atom. The lowest BCUT2D eigenvalue weighted by Gasteiger charge is -2.17. The molecule has 1 aliphatic rings. The van der Waals surface area contributed by atoms with Crippen LogP contribution in [0.25, 0.3) is 0 Å². The standard InChI is InChI=1S/C9H10BrNOS/c10-8-3-1-4-9(7-8)11-13(12)5-2-6-13/h1,3-4,7H,2,5-6H2. The topological polar surface area (TPSA) is 29.4 Å². The van der Waals surface area contributed by atoms with E-state index in [0.29, 0.717) is 0 Å². The Morgan fingerprint density at radius 1 is 1.38 bits per heavy atom. The minimum Gasteiger partial charge on any atom is -0.249 e. The average Bonchev–Trinajstić information content (AvgIpc) is 2.01. The Bertz CT molecular complexity index is 425. The summed E-state index contributed by atoms with van der Waals surface area (Å²) in [5, 5.41) is 0. The molecular formula is C9H10BrNOS. The van der Waals surface area contributed by atoms with E-state index in [9.17, 15) is 4.21 Å². The van der Waals surface area contributed by atoms with Gasteiger partial charge in [-0.1, -0.05) is 22.0 Å². The molecule has 0 spiro atoms. The molecule has 0 atom stereocenters. The number of hydrogen-bond acceptors (Lipinski definition) is 2. The lowest BCUT2D eigenvalue weighted by atomic mass is 10.3. The van der Waals surface area contributed by atoms with E-state index in [1.807, 2.05) is 24.3 Å². The van der Waals surface area contributed by atoms with Crippen molar-refractivity contribution >= 4 is 31.3 Å². The lowest BCUT2D eigenvalue weighted by molar-refractivity contribution is 0.663. The van der Waals surface area contributed by atoms with Crippen LogP contribution in [0, 0.1) is 0 Å². The molecule has 2 nitrogen and oxygen atoms in total. The van der Waals surface area contributed by atoms with Gasteiger partial charge in [0.2, 0.25) is 0 Å². The quantitative estimate of drug-likeness (QED) is 0.763. The predicted octanol–water partition coefficient (Wildman–Crippen LogP) is 2.95. The van der Waals surface area contributed by atoms with Crippen molar-refractivity contribution in [2.75, 3.05) is 11.5 Å². The van der Waals surface area contributed by atoms with E-state index in [1.165, 1.54) is 0 Å². The molecule has 0 aromatic heterocycles. The number of rotatable bonds is 1. The second-order valence-electron chi connectivity index (χ2n) is 3.11. The van der Waals surface area contributed by atoms with Crippen molar-refractivity contribution in [1.29, 1.82) is 0 Å². The Balaban J connectivity index is 2.37. The molecule has 0 saturated carbocycles. The SMILES string of the molecule is O=S1(=Nc2cccc(Br)c2)CCC1. The third-order valence-corrected chi connectivity index (χ3v) is 4.90. The highest BCUT2D eigenvalue weighted by molar-refractivity contribution is 9.10. The van der Waals surface area contributed by atoms with Gasteiger partial charge in [0.15, 0.2) is 0 Å². The fourth-order valence-corrected chi connectivity index (χ4v) is 3.06. The van der Waals surface area contributed by atoms with E-state index in [4.69, 9.17) is 0 Å². The van der Waals surface area contributed by atoms with Gasteiger partial charge in [-0.3, -0.25) is 0 Å². The van der Waals surface area contributed by atoms with Crippen molar-refractivity contribution in [3.05, 3.63) is 28.7 Å². The largest absolute Gasteiger partial charge is 0.249 e. The molecule has 0 amide bonds. The summed E-state index contributed by atoms with van der Waals surface area (Å²) in [7, 11) is -1.85. The van der Waals surface area contributed by atoms with Crippen LogP contribution in [0.3, 0.4) is 0 Å². The maximum Gasteiger partial charge on any atom is 0.0741 e. The number of nitrogens with zero attached hydrogens (tertiary/aromatic N) is 1. The van der Waals surface area contributed by atoms with Crippen LogP contribution in [-0.4, -0.2) is 15.7 Å². The van der Waals surface area contributed by atoms with Gasteiger partial charge in [-0.05, 0) is 24.6 Å². The second kappa shape index (κ2) is 3.42. The van der Waals surface area contributed by atoms with Crippen LogP contribution in [0.5, 0.6) is 0 Å². The van der Waals surface area contributed by atoms with E-state index in [0.717, 1.165) is 28.1 Å². The summed E-state index contributed by atoms with van der Waals surface area (Å²) < 4.78 is 17.0. The Labute approximate surface area is 86.7 Å². The molecule has 0 unspecified atom stereocenters. The molecule has 1 fully saturated rings. The van der Waals surface area contributed by atoms with Crippen molar-refractivity contribution in [1.82, 2.24) is 0 Å². The summed E-state index contributed by atoms with van der Waals surface area (Å²) in [5.74, 6) is 1.53. The van der Waals surface area contributed by atoms with E-state index in [-0.39, 0.29) is 0 Å². The molecular weight excluding hydrogens is 250 g/mol. The molecule has 1 aliphatic heterocycles. The molecule has 1 heterocycles. The fraction of sp³-hybridized carbons (Fsp3) is 0.333. The summed E-state index contributed by atoms with van der Waals surface area (Å²) in [6.45, 7) is 0. The van der Waals surface area contributed by atoms with Crippen molar-refractivity contribution in [2.45, 2.75) is 6.42 Å². The summed E-state index contributed by atoms with van der Waals surface area (Å²) in [6, 6.07) is 7.62. The first kappa shape index (κ1) is 9.21. The average molecular weight is 260 g/mol. The van der Waals surface area contributed by atoms with Gasteiger partial charge >= 0.3 is 0 Å². The van der Waals surface area contributed by atoms with Gasteiger partial charge in [-0.15, -0.1) is 0 Å². The first-order valence-electron chi connectivity index (χ1n) is 4.16.